The van der Waals surface area contributed by atoms with Crippen molar-refractivity contribution in [3.8, 4) is 17.2 Å². The molecule has 0 unspecified atom stereocenters. The molecule has 0 aromatic heterocycles. The molecule has 9 nitrogen and oxygen atoms in total. The van der Waals surface area contributed by atoms with Crippen molar-refractivity contribution >= 4 is 46.7 Å². The smallest absolute Gasteiger partial charge is 0.325 e. The van der Waals surface area contributed by atoms with Crippen molar-refractivity contribution in [1.82, 2.24) is 5.32 Å². The number of nitrogens with one attached hydrogen (secondary N) is 2. The molecule has 2 rings (SSSR count). The Morgan fingerprint density at radius 1 is 0.871 bits per heavy atom. The summed E-state index contributed by atoms with van der Waals surface area (Å²) < 4.78 is 20.4. The van der Waals surface area contributed by atoms with Crippen molar-refractivity contribution in [2.24, 2.45) is 0 Å². The number of esters is 1. The monoisotopic (exact) mass is 470 g/mol. The molecule has 2 aromatic carbocycles. The first-order chi connectivity index (χ1) is 14.8. The number of anilines is 1. The number of halogens is 2. The van der Waals surface area contributed by atoms with Gasteiger partial charge in [0.1, 0.15) is 6.54 Å². The maximum Gasteiger partial charge on any atom is 0.325 e. The van der Waals surface area contributed by atoms with Crippen LogP contribution in [0.25, 0.3) is 0 Å². The van der Waals surface area contributed by atoms with E-state index in [2.05, 4.69) is 10.6 Å². The summed E-state index contributed by atoms with van der Waals surface area (Å²) >= 11 is 11.7. The van der Waals surface area contributed by atoms with Crippen LogP contribution in [0.15, 0.2) is 30.3 Å². The fraction of sp³-hybridized carbons (Fsp3) is 0.250. The van der Waals surface area contributed by atoms with Gasteiger partial charge in [-0.3, -0.25) is 14.4 Å². The van der Waals surface area contributed by atoms with E-state index in [4.69, 9.17) is 42.1 Å². The fourth-order valence-corrected chi connectivity index (χ4v) is 3.01. The van der Waals surface area contributed by atoms with E-state index in [1.165, 1.54) is 51.7 Å². The van der Waals surface area contributed by atoms with Crippen molar-refractivity contribution in [2.45, 2.75) is 0 Å². The Kier molecular flexibility index (Phi) is 8.77. The van der Waals surface area contributed by atoms with Crippen LogP contribution in [0.1, 0.15) is 10.4 Å². The van der Waals surface area contributed by atoms with Crippen LogP contribution in [0.4, 0.5) is 5.69 Å². The molecule has 0 radical (unpaired) electrons. The van der Waals surface area contributed by atoms with Gasteiger partial charge in [0.2, 0.25) is 5.75 Å². The number of ether oxygens (including phenoxy) is 4. The van der Waals surface area contributed by atoms with Crippen LogP contribution in [-0.2, 0) is 14.3 Å². The average Bonchev–Trinajstić information content (AvgIpc) is 2.74. The van der Waals surface area contributed by atoms with Crippen LogP contribution < -0.4 is 24.8 Å². The molecular formula is C20H20Cl2N2O7. The number of benzene rings is 2. The highest BCUT2D eigenvalue weighted by molar-refractivity contribution is 6.35. The molecule has 0 bridgehead atoms. The van der Waals surface area contributed by atoms with Gasteiger partial charge in [0.15, 0.2) is 18.1 Å². The summed E-state index contributed by atoms with van der Waals surface area (Å²) in [5.74, 6) is -1.08. The summed E-state index contributed by atoms with van der Waals surface area (Å²) in [5.41, 5.74) is 0.534. The van der Waals surface area contributed by atoms with Crippen LogP contribution in [-0.4, -0.2) is 52.3 Å². The molecule has 166 valence electrons. The van der Waals surface area contributed by atoms with Gasteiger partial charge in [-0.25, -0.2) is 0 Å². The Morgan fingerprint density at radius 3 is 1.97 bits per heavy atom. The second-order valence-electron chi connectivity index (χ2n) is 5.96. The zero-order valence-electron chi connectivity index (χ0n) is 16.9. The van der Waals surface area contributed by atoms with E-state index >= 15 is 0 Å². The first-order valence-corrected chi connectivity index (χ1v) is 9.52. The maximum absolute atomic E-state index is 12.4. The normalized spacial score (nSPS) is 10.1. The van der Waals surface area contributed by atoms with Crippen molar-refractivity contribution in [2.75, 3.05) is 39.8 Å². The number of carbonyl (C=O) groups is 3. The SMILES string of the molecule is COc1cc(C(=O)NCC(=O)OCC(=O)Nc2cc(Cl)cc(Cl)c2)cc(OC)c1OC. The van der Waals surface area contributed by atoms with Gasteiger partial charge in [0.05, 0.1) is 21.3 Å². The molecule has 0 atom stereocenters. The number of hydrogen-bond acceptors (Lipinski definition) is 7. The van der Waals surface area contributed by atoms with Crippen LogP contribution in [0.5, 0.6) is 17.2 Å². The topological polar surface area (TPSA) is 112 Å². The zero-order valence-corrected chi connectivity index (χ0v) is 18.4. The number of methoxy groups -OCH3 is 3. The Morgan fingerprint density at radius 2 is 1.45 bits per heavy atom. The highest BCUT2D eigenvalue weighted by atomic mass is 35.5. The lowest BCUT2D eigenvalue weighted by Crippen LogP contribution is -2.32. The molecule has 31 heavy (non-hydrogen) atoms. The van der Waals surface area contributed by atoms with E-state index in [0.717, 1.165) is 0 Å². The predicted octanol–water partition coefficient (Wildman–Crippen LogP) is 2.93. The van der Waals surface area contributed by atoms with Crippen molar-refractivity contribution in [3.05, 3.63) is 45.9 Å². The molecule has 2 N–H and O–H groups in total. The molecule has 0 saturated heterocycles. The Bertz CT molecular complexity index is 937. The average molecular weight is 471 g/mol. The molecule has 0 aliphatic rings. The number of hydrogen-bond donors (Lipinski definition) is 2. The van der Waals surface area contributed by atoms with Gasteiger partial charge in [-0.2, -0.15) is 0 Å². The number of carbonyl (C=O) groups excluding carboxylic acids is 3. The van der Waals surface area contributed by atoms with Gasteiger partial charge >= 0.3 is 5.97 Å². The molecule has 2 amide bonds. The minimum atomic E-state index is -0.805. The molecule has 11 heteroatoms. The highest BCUT2D eigenvalue weighted by Gasteiger charge is 2.18. The Hall–Kier alpha value is -3.17. The van der Waals surface area contributed by atoms with Gasteiger partial charge in [-0.15, -0.1) is 0 Å². The van der Waals surface area contributed by atoms with E-state index in [9.17, 15) is 14.4 Å². The van der Waals surface area contributed by atoms with Gasteiger partial charge in [0, 0.05) is 21.3 Å². The lowest BCUT2D eigenvalue weighted by atomic mass is 10.1. The summed E-state index contributed by atoms with van der Waals surface area (Å²) in [6.07, 6.45) is 0. The second-order valence-corrected chi connectivity index (χ2v) is 6.84. The molecule has 0 aliphatic carbocycles. The third kappa shape index (κ3) is 6.94. The summed E-state index contributed by atoms with van der Waals surface area (Å²) in [4.78, 5) is 36.1. The molecule has 0 heterocycles. The van der Waals surface area contributed by atoms with Crippen molar-refractivity contribution in [1.29, 1.82) is 0 Å². The Labute approximate surface area is 188 Å². The summed E-state index contributed by atoms with van der Waals surface area (Å²) in [5, 5.41) is 5.57. The van der Waals surface area contributed by atoms with Gasteiger partial charge in [0.25, 0.3) is 11.8 Å². The third-order valence-electron chi connectivity index (χ3n) is 3.83. The molecule has 0 fully saturated rings. The number of rotatable bonds is 9. The fourth-order valence-electron chi connectivity index (χ4n) is 2.49. The quantitative estimate of drug-likeness (QED) is 0.541. The van der Waals surface area contributed by atoms with E-state index in [0.29, 0.717) is 21.5 Å². The number of amides is 2. The zero-order chi connectivity index (χ0) is 23.0. The van der Waals surface area contributed by atoms with E-state index in [-0.39, 0.29) is 17.1 Å². The first-order valence-electron chi connectivity index (χ1n) is 8.77. The predicted molar refractivity (Wildman–Crippen MR) is 114 cm³/mol. The van der Waals surface area contributed by atoms with Crippen LogP contribution in [0.3, 0.4) is 0 Å². The van der Waals surface area contributed by atoms with Crippen molar-refractivity contribution < 1.29 is 33.3 Å². The van der Waals surface area contributed by atoms with Gasteiger partial charge in [-0.1, -0.05) is 23.2 Å². The van der Waals surface area contributed by atoms with Gasteiger partial charge < -0.3 is 29.6 Å². The molecule has 2 aromatic rings. The second kappa shape index (κ2) is 11.3. The minimum Gasteiger partial charge on any atom is -0.493 e. The third-order valence-corrected chi connectivity index (χ3v) is 4.27. The van der Waals surface area contributed by atoms with E-state index in [1.807, 2.05) is 0 Å². The Balaban J connectivity index is 1.88. The van der Waals surface area contributed by atoms with Crippen LogP contribution in [0.2, 0.25) is 10.0 Å². The first kappa shape index (κ1) is 24.1. The largest absolute Gasteiger partial charge is 0.493 e. The molecule has 0 aliphatic heterocycles. The van der Waals surface area contributed by atoms with Gasteiger partial charge in [-0.05, 0) is 30.3 Å². The van der Waals surface area contributed by atoms with E-state index in [1.54, 1.807) is 0 Å². The lowest BCUT2D eigenvalue weighted by molar-refractivity contribution is -0.146. The molecule has 0 saturated carbocycles. The standard InChI is InChI=1S/C20H20Cl2N2O7/c1-28-15-4-11(5-16(29-2)19(15)30-3)20(27)23-9-18(26)31-10-17(25)24-14-7-12(21)6-13(22)8-14/h4-8H,9-10H2,1-3H3,(H,23,27)(H,24,25). The summed E-state index contributed by atoms with van der Waals surface area (Å²) in [7, 11) is 4.27. The summed E-state index contributed by atoms with van der Waals surface area (Å²) in [6.45, 7) is -1.01. The molecule has 0 spiro atoms. The van der Waals surface area contributed by atoms with Crippen LogP contribution in [0, 0.1) is 0 Å². The molecular weight excluding hydrogens is 451 g/mol. The van der Waals surface area contributed by atoms with E-state index < -0.39 is 30.9 Å². The lowest BCUT2D eigenvalue weighted by Gasteiger charge is -2.14. The summed E-state index contributed by atoms with van der Waals surface area (Å²) in [6, 6.07) is 7.36. The maximum atomic E-state index is 12.4. The highest BCUT2D eigenvalue weighted by Crippen LogP contribution is 2.38. The van der Waals surface area contributed by atoms with Crippen LogP contribution >= 0.6 is 23.2 Å². The van der Waals surface area contributed by atoms with Crippen molar-refractivity contribution in [3.63, 3.8) is 0 Å². The minimum absolute atomic E-state index is 0.179.